The molecule has 108 valence electrons. The number of ether oxygens (including phenoxy) is 1. The number of aryl methyl sites for hydroxylation is 1. The molecule has 1 unspecified atom stereocenters. The molecule has 0 bridgehead atoms. The summed E-state index contributed by atoms with van der Waals surface area (Å²) in [6.07, 6.45) is 0. The lowest BCUT2D eigenvalue weighted by Crippen LogP contribution is -2.44. The Morgan fingerprint density at radius 2 is 2.15 bits per heavy atom. The second-order valence-electron chi connectivity index (χ2n) is 3.96. The molecule has 0 aliphatic rings. The van der Waals surface area contributed by atoms with Crippen LogP contribution in [0.15, 0.2) is 18.2 Å². The predicted molar refractivity (Wildman–Crippen MR) is 68.2 cm³/mol. The molecular formula is C12H14N2O6. The van der Waals surface area contributed by atoms with Crippen LogP contribution in [0.3, 0.4) is 0 Å². The molecule has 0 aromatic heterocycles. The number of nitro groups is 1. The van der Waals surface area contributed by atoms with Gasteiger partial charge in [0.1, 0.15) is 5.56 Å². The molecule has 1 aromatic rings. The van der Waals surface area contributed by atoms with Crippen molar-refractivity contribution < 1.29 is 24.4 Å². The molecule has 0 heterocycles. The summed E-state index contributed by atoms with van der Waals surface area (Å²) in [6.45, 7) is 0.830. The number of amides is 1. The van der Waals surface area contributed by atoms with Gasteiger partial charge in [-0.15, -0.1) is 0 Å². The Bertz CT molecular complexity index is 543. The number of para-hydroxylation sites is 1. The van der Waals surface area contributed by atoms with Crippen molar-refractivity contribution in [2.45, 2.75) is 13.0 Å². The van der Waals surface area contributed by atoms with Crippen LogP contribution in [0.1, 0.15) is 15.9 Å². The Morgan fingerprint density at radius 3 is 2.65 bits per heavy atom. The lowest BCUT2D eigenvalue weighted by atomic mass is 10.1. The summed E-state index contributed by atoms with van der Waals surface area (Å²) < 4.78 is 4.39. The molecule has 1 rings (SSSR count). The molecular weight excluding hydrogens is 268 g/mol. The minimum absolute atomic E-state index is 0.183. The number of benzene rings is 1. The van der Waals surface area contributed by atoms with Gasteiger partial charge in [-0.05, 0) is 13.0 Å². The van der Waals surface area contributed by atoms with Gasteiger partial charge in [-0.3, -0.25) is 14.9 Å². The Balaban J connectivity index is 3.07. The largest absolute Gasteiger partial charge is 0.467 e. The first-order valence-corrected chi connectivity index (χ1v) is 5.66. The van der Waals surface area contributed by atoms with E-state index >= 15 is 0 Å². The normalized spacial score (nSPS) is 11.6. The molecule has 1 atom stereocenters. The van der Waals surface area contributed by atoms with Crippen molar-refractivity contribution in [3.63, 3.8) is 0 Å². The van der Waals surface area contributed by atoms with Crippen molar-refractivity contribution in [1.82, 2.24) is 5.32 Å². The Kier molecular flexibility index (Phi) is 5.15. The zero-order valence-electron chi connectivity index (χ0n) is 11.0. The highest BCUT2D eigenvalue weighted by atomic mass is 16.6. The average molecular weight is 282 g/mol. The fourth-order valence-electron chi connectivity index (χ4n) is 1.64. The van der Waals surface area contributed by atoms with E-state index in [1.165, 1.54) is 25.1 Å². The molecule has 8 heteroatoms. The minimum Gasteiger partial charge on any atom is -0.467 e. The van der Waals surface area contributed by atoms with Crippen molar-refractivity contribution >= 4 is 17.6 Å². The number of nitrogens with zero attached hydrogens (tertiary/aromatic N) is 1. The molecule has 0 aliphatic heterocycles. The number of nitrogens with one attached hydrogen (secondary N) is 1. The lowest BCUT2D eigenvalue weighted by molar-refractivity contribution is -0.385. The number of carbonyl (C=O) groups excluding carboxylic acids is 2. The molecule has 0 aliphatic carbocycles. The quantitative estimate of drug-likeness (QED) is 0.451. The van der Waals surface area contributed by atoms with Gasteiger partial charge in [0, 0.05) is 5.56 Å². The second-order valence-corrected chi connectivity index (χ2v) is 3.96. The van der Waals surface area contributed by atoms with Gasteiger partial charge in [0.05, 0.1) is 18.6 Å². The molecule has 0 saturated heterocycles. The fraction of sp³-hybridized carbons (Fsp3) is 0.333. The first-order valence-electron chi connectivity index (χ1n) is 5.66. The SMILES string of the molecule is COC(=O)C(CO)NC(=O)c1cccc(C)c1[N+](=O)[O-]. The number of rotatable bonds is 5. The van der Waals surface area contributed by atoms with Crippen molar-refractivity contribution in [3.05, 3.63) is 39.4 Å². The van der Waals surface area contributed by atoms with Gasteiger partial charge in [0.25, 0.3) is 11.6 Å². The van der Waals surface area contributed by atoms with E-state index in [-0.39, 0.29) is 11.3 Å². The van der Waals surface area contributed by atoms with E-state index < -0.39 is 29.4 Å². The summed E-state index contributed by atoms with van der Waals surface area (Å²) in [5.41, 5.74) is -0.204. The zero-order chi connectivity index (χ0) is 15.3. The monoisotopic (exact) mass is 282 g/mol. The highest BCUT2D eigenvalue weighted by Gasteiger charge is 2.26. The van der Waals surface area contributed by atoms with E-state index in [1.807, 2.05) is 0 Å². The van der Waals surface area contributed by atoms with Crippen LogP contribution in [0.5, 0.6) is 0 Å². The van der Waals surface area contributed by atoms with Crippen LogP contribution in [-0.2, 0) is 9.53 Å². The molecule has 0 spiro atoms. The van der Waals surface area contributed by atoms with E-state index in [2.05, 4.69) is 10.1 Å². The fourth-order valence-corrected chi connectivity index (χ4v) is 1.64. The standard InChI is InChI=1S/C12H14N2O6/c1-7-4-3-5-8(10(7)14(18)19)11(16)13-9(6-15)12(17)20-2/h3-5,9,15H,6H2,1-2H3,(H,13,16). The van der Waals surface area contributed by atoms with E-state index in [0.717, 1.165) is 7.11 Å². The smallest absolute Gasteiger partial charge is 0.330 e. The van der Waals surface area contributed by atoms with E-state index in [4.69, 9.17) is 5.11 Å². The van der Waals surface area contributed by atoms with Crippen molar-refractivity contribution in [3.8, 4) is 0 Å². The van der Waals surface area contributed by atoms with Crippen LogP contribution in [0.2, 0.25) is 0 Å². The van der Waals surface area contributed by atoms with Crippen LogP contribution in [0, 0.1) is 17.0 Å². The summed E-state index contributed by atoms with van der Waals surface area (Å²) >= 11 is 0. The van der Waals surface area contributed by atoms with Gasteiger partial charge in [0.15, 0.2) is 6.04 Å². The maximum Gasteiger partial charge on any atom is 0.330 e. The molecule has 20 heavy (non-hydrogen) atoms. The van der Waals surface area contributed by atoms with Gasteiger partial charge >= 0.3 is 5.97 Å². The number of esters is 1. The number of aliphatic hydroxyl groups excluding tert-OH is 1. The summed E-state index contributed by atoms with van der Waals surface area (Å²) in [6, 6.07) is 2.99. The molecule has 0 radical (unpaired) electrons. The van der Waals surface area contributed by atoms with E-state index in [1.54, 1.807) is 0 Å². The maximum absolute atomic E-state index is 12.0. The first-order chi connectivity index (χ1) is 9.42. The van der Waals surface area contributed by atoms with Gasteiger partial charge in [-0.25, -0.2) is 4.79 Å². The van der Waals surface area contributed by atoms with Gasteiger partial charge in [0.2, 0.25) is 0 Å². The molecule has 1 aromatic carbocycles. The number of nitro benzene ring substituents is 1. The molecule has 8 nitrogen and oxygen atoms in total. The number of carbonyl (C=O) groups is 2. The topological polar surface area (TPSA) is 119 Å². The van der Waals surface area contributed by atoms with Crippen LogP contribution in [0.25, 0.3) is 0 Å². The average Bonchev–Trinajstić information content (AvgIpc) is 2.42. The first kappa shape index (κ1) is 15.6. The molecule has 2 N–H and O–H groups in total. The third kappa shape index (κ3) is 3.29. The number of hydrogen-bond acceptors (Lipinski definition) is 6. The van der Waals surface area contributed by atoms with Crippen LogP contribution in [0.4, 0.5) is 5.69 Å². The van der Waals surface area contributed by atoms with Gasteiger partial charge < -0.3 is 15.2 Å². The summed E-state index contributed by atoms with van der Waals surface area (Å²) in [4.78, 5) is 33.5. The van der Waals surface area contributed by atoms with E-state index in [9.17, 15) is 19.7 Å². The summed E-state index contributed by atoms with van der Waals surface area (Å²) in [5.74, 6) is -1.67. The number of hydrogen-bond donors (Lipinski definition) is 2. The van der Waals surface area contributed by atoms with Gasteiger partial charge in [-0.2, -0.15) is 0 Å². The Labute approximate surface area is 114 Å². The van der Waals surface area contributed by atoms with Gasteiger partial charge in [-0.1, -0.05) is 12.1 Å². The lowest BCUT2D eigenvalue weighted by Gasteiger charge is -2.14. The van der Waals surface area contributed by atoms with Crippen LogP contribution in [-0.4, -0.2) is 41.7 Å². The second kappa shape index (κ2) is 6.62. The van der Waals surface area contributed by atoms with Crippen LogP contribution < -0.4 is 5.32 Å². The van der Waals surface area contributed by atoms with Crippen molar-refractivity contribution in [1.29, 1.82) is 0 Å². The summed E-state index contributed by atoms with van der Waals surface area (Å²) in [5, 5.41) is 22.2. The maximum atomic E-state index is 12.0. The third-order valence-electron chi connectivity index (χ3n) is 2.64. The Morgan fingerprint density at radius 1 is 1.50 bits per heavy atom. The summed E-state index contributed by atoms with van der Waals surface area (Å²) in [7, 11) is 1.10. The van der Waals surface area contributed by atoms with Crippen molar-refractivity contribution in [2.24, 2.45) is 0 Å². The highest BCUT2D eigenvalue weighted by molar-refractivity contribution is 6.00. The Hall–Kier alpha value is -2.48. The highest BCUT2D eigenvalue weighted by Crippen LogP contribution is 2.22. The zero-order valence-corrected chi connectivity index (χ0v) is 11.0. The number of aliphatic hydroxyl groups is 1. The van der Waals surface area contributed by atoms with Crippen molar-refractivity contribution in [2.75, 3.05) is 13.7 Å². The molecule has 0 saturated carbocycles. The van der Waals surface area contributed by atoms with Crippen LogP contribution >= 0.6 is 0 Å². The predicted octanol–water partition coefficient (Wildman–Crippen LogP) is 0.167. The van der Waals surface area contributed by atoms with E-state index in [0.29, 0.717) is 5.56 Å². The third-order valence-corrected chi connectivity index (χ3v) is 2.64. The molecule has 1 amide bonds. The minimum atomic E-state index is -1.27. The molecule has 0 fully saturated rings. The number of methoxy groups -OCH3 is 1.